The molecule has 6 rings (SSSR count). The summed E-state index contributed by atoms with van der Waals surface area (Å²) < 4.78 is 17.8. The number of likely N-dealkylation sites (N-methyl/N-ethyl adjacent to an activating group) is 1. The first-order chi connectivity index (χ1) is 26.0. The molecule has 0 radical (unpaired) electrons. The summed E-state index contributed by atoms with van der Waals surface area (Å²) in [6.07, 6.45) is 10.2. The van der Waals surface area contributed by atoms with Gasteiger partial charge in [0.25, 0.3) is 5.91 Å². The zero-order chi connectivity index (χ0) is 38.6. The van der Waals surface area contributed by atoms with Gasteiger partial charge in [-0.05, 0) is 97.0 Å². The van der Waals surface area contributed by atoms with Gasteiger partial charge in [0, 0.05) is 69.9 Å². The van der Waals surface area contributed by atoms with E-state index in [1.54, 1.807) is 58.1 Å². The van der Waals surface area contributed by atoms with Crippen molar-refractivity contribution in [2.45, 2.75) is 51.6 Å². The minimum atomic E-state index is -0.779. The summed E-state index contributed by atoms with van der Waals surface area (Å²) in [5.41, 5.74) is 5.28. The van der Waals surface area contributed by atoms with Gasteiger partial charge in [0.05, 0.1) is 32.0 Å². The topological polar surface area (TPSA) is 148 Å². The van der Waals surface area contributed by atoms with Gasteiger partial charge in [-0.15, -0.1) is 0 Å². The molecule has 1 saturated carbocycles. The molecule has 1 aromatic heterocycles. The van der Waals surface area contributed by atoms with Gasteiger partial charge in [0.15, 0.2) is 6.29 Å². The lowest BCUT2D eigenvalue weighted by molar-refractivity contribution is -0.136. The minimum Gasteiger partial charge on any atom is -0.496 e. The summed E-state index contributed by atoms with van der Waals surface area (Å²) in [4.78, 5) is 69.8. The molecule has 1 spiro atoms. The summed E-state index contributed by atoms with van der Waals surface area (Å²) in [5.74, 6) is 1.13. The molecule has 0 bridgehead atoms. The van der Waals surface area contributed by atoms with Crippen molar-refractivity contribution >= 4 is 36.0 Å². The van der Waals surface area contributed by atoms with Crippen LogP contribution in [0, 0.1) is 18.3 Å². The van der Waals surface area contributed by atoms with Crippen LogP contribution in [0.15, 0.2) is 55.0 Å². The van der Waals surface area contributed by atoms with E-state index in [0.29, 0.717) is 36.5 Å². The third-order valence-electron chi connectivity index (χ3n) is 10.8. The molecule has 3 fully saturated rings. The van der Waals surface area contributed by atoms with E-state index in [2.05, 4.69) is 15.2 Å². The summed E-state index contributed by atoms with van der Waals surface area (Å²) >= 11 is 0. The molecule has 1 N–H and O–H groups in total. The number of aldehydes is 1. The number of methoxy groups -OCH3 is 2. The highest BCUT2D eigenvalue weighted by atomic mass is 16.5. The molecule has 3 heterocycles. The fraction of sp³-hybridized carbons (Fsp3) is 0.415. The fourth-order valence-electron chi connectivity index (χ4n) is 8.12. The fourth-order valence-corrected chi connectivity index (χ4v) is 8.12. The van der Waals surface area contributed by atoms with E-state index in [4.69, 9.17) is 14.2 Å². The van der Waals surface area contributed by atoms with Gasteiger partial charge in [0.1, 0.15) is 23.3 Å². The van der Waals surface area contributed by atoms with Gasteiger partial charge in [-0.25, -0.2) is 0 Å². The molecule has 3 aliphatic rings. The number of likely N-dealkylation sites (tertiary alicyclic amines) is 1. The second kappa shape index (κ2) is 16.2. The predicted molar refractivity (Wildman–Crippen MR) is 200 cm³/mol. The lowest BCUT2D eigenvalue weighted by Crippen LogP contribution is -2.61. The Morgan fingerprint density at radius 3 is 2.39 bits per heavy atom. The Morgan fingerprint density at radius 2 is 1.76 bits per heavy atom. The molecular weight excluding hydrogens is 690 g/mol. The number of hydrogen-bond acceptors (Lipinski definition) is 10. The Hall–Kier alpha value is -5.56. The second-order valence-corrected chi connectivity index (χ2v) is 14.7. The van der Waals surface area contributed by atoms with Crippen molar-refractivity contribution in [1.82, 2.24) is 25.0 Å². The monoisotopic (exact) mass is 737 g/mol. The zero-order valence-electron chi connectivity index (χ0n) is 31.4. The minimum absolute atomic E-state index is 0.151. The molecule has 284 valence electrons. The van der Waals surface area contributed by atoms with Crippen molar-refractivity contribution in [1.29, 1.82) is 0 Å². The Bertz CT molecular complexity index is 1940. The van der Waals surface area contributed by atoms with Gasteiger partial charge in [-0.1, -0.05) is 0 Å². The standard InChI is InChI=1S/C41H47N5O8/c1-26-19-42-12-10-31(26)33(20-44(2)25-48)28-15-36(52-4)34(37(16-28)53-5)21-46-23-41(24-46)17-27(18-41)11-13-54-30-6-7-32(29(14-30)22-47)40(51)45(3)35-8-9-38(49)43-39(35)50/h6-7,10,12,14-16,19-20,22,25,27,35H,8-9,11,13,17-18,21,23-24H2,1-5H3,(H,43,49,50)/b33-20-. The molecule has 1 unspecified atom stereocenters. The number of pyridine rings is 1. The summed E-state index contributed by atoms with van der Waals surface area (Å²) in [6.45, 7) is 5.13. The van der Waals surface area contributed by atoms with Crippen molar-refractivity contribution in [2.24, 2.45) is 11.3 Å². The van der Waals surface area contributed by atoms with Crippen LogP contribution in [0.4, 0.5) is 0 Å². The average Bonchev–Trinajstić information content (AvgIpc) is 3.14. The van der Waals surface area contributed by atoms with Gasteiger partial charge in [-0.2, -0.15) is 0 Å². The first-order valence-corrected chi connectivity index (χ1v) is 18.1. The normalized spacial score (nSPS) is 18.2. The summed E-state index contributed by atoms with van der Waals surface area (Å²) in [5, 5.41) is 2.26. The van der Waals surface area contributed by atoms with E-state index >= 15 is 0 Å². The molecule has 4 amide bonds. The van der Waals surface area contributed by atoms with Crippen LogP contribution in [0.5, 0.6) is 17.2 Å². The number of carbonyl (C=O) groups excluding carboxylic acids is 5. The number of aryl methyl sites for hydroxylation is 1. The summed E-state index contributed by atoms with van der Waals surface area (Å²) in [7, 11) is 6.52. The Balaban J connectivity index is 1.02. The molecule has 1 atom stereocenters. The van der Waals surface area contributed by atoms with Crippen LogP contribution >= 0.6 is 0 Å². The van der Waals surface area contributed by atoms with Crippen LogP contribution in [0.2, 0.25) is 0 Å². The first kappa shape index (κ1) is 38.2. The van der Waals surface area contributed by atoms with Crippen molar-refractivity contribution in [3.05, 3.63) is 88.4 Å². The van der Waals surface area contributed by atoms with E-state index in [9.17, 15) is 24.0 Å². The number of hydrogen-bond donors (Lipinski definition) is 1. The molecule has 54 heavy (non-hydrogen) atoms. The highest BCUT2D eigenvalue weighted by Crippen LogP contribution is 2.54. The Labute approximate surface area is 315 Å². The predicted octanol–water partition coefficient (Wildman–Crippen LogP) is 4.26. The van der Waals surface area contributed by atoms with Gasteiger partial charge >= 0.3 is 0 Å². The van der Waals surface area contributed by atoms with E-state index in [1.807, 2.05) is 25.1 Å². The van der Waals surface area contributed by atoms with Crippen molar-refractivity contribution in [2.75, 3.05) is 48.0 Å². The summed E-state index contributed by atoms with van der Waals surface area (Å²) in [6, 6.07) is 9.93. The molecule has 3 aromatic rings. The molecule has 2 aromatic carbocycles. The molecule has 2 aliphatic heterocycles. The maximum Gasteiger partial charge on any atom is 0.255 e. The van der Waals surface area contributed by atoms with E-state index in [1.165, 1.54) is 16.8 Å². The van der Waals surface area contributed by atoms with Gasteiger partial charge in [0.2, 0.25) is 18.2 Å². The highest BCUT2D eigenvalue weighted by molar-refractivity contribution is 6.06. The van der Waals surface area contributed by atoms with Crippen LogP contribution in [-0.2, 0) is 20.9 Å². The molecule has 13 nitrogen and oxygen atoms in total. The van der Waals surface area contributed by atoms with Crippen molar-refractivity contribution in [3.63, 3.8) is 0 Å². The number of ether oxygens (including phenoxy) is 3. The Kier molecular flexibility index (Phi) is 11.5. The quantitative estimate of drug-likeness (QED) is 0.177. The lowest BCUT2D eigenvalue weighted by Gasteiger charge is -2.59. The van der Waals surface area contributed by atoms with E-state index in [0.717, 1.165) is 78.1 Å². The number of amides is 4. The van der Waals surface area contributed by atoms with Crippen LogP contribution in [-0.4, -0.2) is 104 Å². The first-order valence-electron chi connectivity index (χ1n) is 18.1. The number of carbonyl (C=O) groups is 5. The van der Waals surface area contributed by atoms with E-state index in [-0.39, 0.29) is 29.9 Å². The number of aromatic nitrogens is 1. The molecule has 2 saturated heterocycles. The van der Waals surface area contributed by atoms with Gasteiger partial charge < -0.3 is 24.0 Å². The molecule has 1 aliphatic carbocycles. The number of nitrogens with one attached hydrogen (secondary N) is 1. The maximum atomic E-state index is 13.2. The van der Waals surface area contributed by atoms with Crippen molar-refractivity contribution < 1.29 is 38.2 Å². The highest BCUT2D eigenvalue weighted by Gasteiger charge is 2.51. The van der Waals surface area contributed by atoms with E-state index < -0.39 is 17.9 Å². The number of piperidine rings is 1. The SMILES string of the molecule is COc1cc(/C(=C/N(C)C=O)c2ccncc2C)cc(OC)c1CN1CC2(CC(CCOc3ccc(C(=O)N(C)C4CCC(=O)NC4=O)c(C=O)c3)C2)C1. The lowest BCUT2D eigenvalue weighted by atomic mass is 9.57. The second-order valence-electron chi connectivity index (χ2n) is 14.7. The molecule has 13 heteroatoms. The van der Waals surface area contributed by atoms with Crippen LogP contribution in [0.1, 0.15) is 75.1 Å². The number of rotatable bonds is 15. The number of imide groups is 1. The van der Waals surface area contributed by atoms with Crippen molar-refractivity contribution in [3.8, 4) is 17.2 Å². The largest absolute Gasteiger partial charge is 0.496 e. The zero-order valence-corrected chi connectivity index (χ0v) is 31.4. The smallest absolute Gasteiger partial charge is 0.255 e. The molecular formula is C41H47N5O8. The van der Waals surface area contributed by atoms with Crippen LogP contribution < -0.4 is 19.5 Å². The Morgan fingerprint density at radius 1 is 1.04 bits per heavy atom. The average molecular weight is 738 g/mol. The third-order valence-corrected chi connectivity index (χ3v) is 10.8. The number of nitrogens with zero attached hydrogens (tertiary/aromatic N) is 4. The van der Waals surface area contributed by atoms with Gasteiger partial charge in [-0.3, -0.25) is 39.2 Å². The van der Waals surface area contributed by atoms with Crippen LogP contribution in [0.25, 0.3) is 5.57 Å². The third kappa shape index (κ3) is 8.01. The maximum absolute atomic E-state index is 13.2. The van der Waals surface area contributed by atoms with Crippen LogP contribution in [0.3, 0.4) is 0 Å². The number of benzene rings is 2.